The number of aliphatic hydroxyl groups excluding tert-OH is 1. The van der Waals surface area contributed by atoms with Crippen molar-refractivity contribution in [3.63, 3.8) is 0 Å². The highest BCUT2D eigenvalue weighted by molar-refractivity contribution is 6.32. The third kappa shape index (κ3) is 3.99. The number of halogens is 1. The van der Waals surface area contributed by atoms with E-state index in [1.165, 1.54) is 6.20 Å². The molecule has 1 aromatic rings. The third-order valence-corrected chi connectivity index (χ3v) is 2.53. The molecule has 0 fully saturated rings. The molecule has 0 amide bonds. The molecule has 3 N–H and O–H groups in total. The Morgan fingerprint density at radius 3 is 2.94 bits per heavy atom. The largest absolute Gasteiger partial charge is 0.394 e. The molecule has 7 heteroatoms. The first kappa shape index (κ1) is 14.0. The van der Waals surface area contributed by atoms with Crippen LogP contribution in [0.4, 0.5) is 5.69 Å². The Kier molecular flexibility index (Phi) is 5.96. The number of likely N-dealkylation sites (N-methyl/N-ethyl adjacent to an activating group) is 1. The number of aromatic nitrogens is 2. The lowest BCUT2D eigenvalue weighted by atomic mass is 10.4. The molecule has 0 aliphatic carbocycles. The normalized spacial score (nSPS) is 10.5. The van der Waals surface area contributed by atoms with E-state index in [-0.39, 0.29) is 18.2 Å². The Hall–Kier alpha value is -1.11. The minimum Gasteiger partial charge on any atom is -0.394 e. The van der Waals surface area contributed by atoms with Crippen molar-refractivity contribution < 1.29 is 5.11 Å². The van der Waals surface area contributed by atoms with Crippen molar-refractivity contribution in [3.8, 4) is 0 Å². The van der Waals surface area contributed by atoms with E-state index in [0.29, 0.717) is 12.2 Å². The van der Waals surface area contributed by atoms with Crippen LogP contribution in [0.15, 0.2) is 11.0 Å². The summed E-state index contributed by atoms with van der Waals surface area (Å²) in [6, 6.07) is 0. The molecule has 0 aromatic carbocycles. The summed E-state index contributed by atoms with van der Waals surface area (Å²) in [7, 11) is 0. The fourth-order valence-corrected chi connectivity index (χ4v) is 1.52. The standard InChI is InChI=1S/C10H17ClN4O2/c1-2-12-3-4-13-8-7-14-15(5-6-16)10(17)9(8)11/h7,12-13,16H,2-6H2,1H3. The van der Waals surface area contributed by atoms with Gasteiger partial charge in [0.05, 0.1) is 25.0 Å². The van der Waals surface area contributed by atoms with Crippen molar-refractivity contribution in [1.29, 1.82) is 0 Å². The van der Waals surface area contributed by atoms with Crippen molar-refractivity contribution in [2.24, 2.45) is 0 Å². The summed E-state index contributed by atoms with van der Waals surface area (Å²) in [6.45, 7) is 4.37. The van der Waals surface area contributed by atoms with Gasteiger partial charge in [0.1, 0.15) is 5.02 Å². The Bertz CT molecular complexity index is 408. The van der Waals surface area contributed by atoms with Crippen LogP contribution in [-0.2, 0) is 6.54 Å². The van der Waals surface area contributed by atoms with E-state index in [2.05, 4.69) is 15.7 Å². The molecule has 0 spiro atoms. The lowest BCUT2D eigenvalue weighted by molar-refractivity contribution is 0.266. The molecule has 1 aromatic heterocycles. The third-order valence-electron chi connectivity index (χ3n) is 2.16. The van der Waals surface area contributed by atoms with Gasteiger partial charge in [0, 0.05) is 13.1 Å². The average molecular weight is 261 g/mol. The van der Waals surface area contributed by atoms with Gasteiger partial charge in [0.15, 0.2) is 0 Å². The highest BCUT2D eigenvalue weighted by Crippen LogP contribution is 2.14. The zero-order valence-electron chi connectivity index (χ0n) is 9.74. The summed E-state index contributed by atoms with van der Waals surface area (Å²) in [6.07, 6.45) is 1.49. The van der Waals surface area contributed by atoms with E-state index in [0.717, 1.165) is 17.8 Å². The summed E-state index contributed by atoms with van der Waals surface area (Å²) < 4.78 is 1.14. The summed E-state index contributed by atoms with van der Waals surface area (Å²) in [5.74, 6) is 0. The molecule has 6 nitrogen and oxygen atoms in total. The summed E-state index contributed by atoms with van der Waals surface area (Å²) in [4.78, 5) is 11.7. The Balaban J connectivity index is 2.68. The molecule has 1 rings (SSSR count). The fourth-order valence-electron chi connectivity index (χ4n) is 1.30. The lowest BCUT2D eigenvalue weighted by Crippen LogP contribution is -2.27. The molecule has 0 aliphatic rings. The minimum absolute atomic E-state index is 0.102. The van der Waals surface area contributed by atoms with Crippen LogP contribution >= 0.6 is 11.6 Å². The van der Waals surface area contributed by atoms with Gasteiger partial charge in [-0.05, 0) is 6.54 Å². The van der Waals surface area contributed by atoms with Crippen LogP contribution in [0.2, 0.25) is 5.02 Å². The Labute approximate surface area is 105 Å². The van der Waals surface area contributed by atoms with Crippen molar-refractivity contribution in [1.82, 2.24) is 15.1 Å². The fraction of sp³-hybridized carbons (Fsp3) is 0.600. The van der Waals surface area contributed by atoms with Gasteiger partial charge in [-0.15, -0.1) is 0 Å². The molecular formula is C10H17ClN4O2. The second kappa shape index (κ2) is 7.26. The van der Waals surface area contributed by atoms with Crippen LogP contribution in [0, 0.1) is 0 Å². The predicted octanol–water partition coefficient (Wildman–Crippen LogP) is -0.0896. The van der Waals surface area contributed by atoms with Crippen LogP contribution in [-0.4, -0.2) is 41.1 Å². The molecule has 0 atom stereocenters. The minimum atomic E-state index is -0.394. The highest BCUT2D eigenvalue weighted by atomic mass is 35.5. The molecule has 17 heavy (non-hydrogen) atoms. The zero-order valence-corrected chi connectivity index (χ0v) is 10.5. The first-order valence-electron chi connectivity index (χ1n) is 5.51. The Morgan fingerprint density at radius 2 is 2.29 bits per heavy atom. The maximum absolute atomic E-state index is 11.7. The molecule has 0 radical (unpaired) electrons. The molecule has 0 unspecified atom stereocenters. The number of hydrogen-bond acceptors (Lipinski definition) is 5. The molecule has 1 heterocycles. The van der Waals surface area contributed by atoms with Gasteiger partial charge in [-0.1, -0.05) is 18.5 Å². The maximum atomic E-state index is 11.7. The van der Waals surface area contributed by atoms with Crippen LogP contribution in [0.25, 0.3) is 0 Å². The number of hydrogen-bond donors (Lipinski definition) is 3. The van der Waals surface area contributed by atoms with Crippen LogP contribution in [0.1, 0.15) is 6.92 Å². The smallest absolute Gasteiger partial charge is 0.287 e. The van der Waals surface area contributed by atoms with E-state index < -0.39 is 5.56 Å². The number of aliphatic hydroxyl groups is 1. The second-order valence-electron chi connectivity index (χ2n) is 3.40. The first-order chi connectivity index (χ1) is 8.20. The van der Waals surface area contributed by atoms with Crippen LogP contribution < -0.4 is 16.2 Å². The van der Waals surface area contributed by atoms with E-state index in [9.17, 15) is 4.79 Å². The highest BCUT2D eigenvalue weighted by Gasteiger charge is 2.08. The van der Waals surface area contributed by atoms with Crippen molar-refractivity contribution in [2.75, 3.05) is 31.6 Å². The van der Waals surface area contributed by atoms with Crippen molar-refractivity contribution in [3.05, 3.63) is 21.6 Å². The molecule has 0 saturated heterocycles. The monoisotopic (exact) mass is 260 g/mol. The molecular weight excluding hydrogens is 244 g/mol. The number of nitrogens with one attached hydrogen (secondary N) is 2. The van der Waals surface area contributed by atoms with E-state index in [4.69, 9.17) is 16.7 Å². The summed E-state index contributed by atoms with van der Waals surface area (Å²) in [5.41, 5.74) is 0.123. The summed E-state index contributed by atoms with van der Waals surface area (Å²) in [5, 5.41) is 18.9. The predicted molar refractivity (Wildman–Crippen MR) is 67.6 cm³/mol. The Morgan fingerprint density at radius 1 is 1.53 bits per heavy atom. The van der Waals surface area contributed by atoms with Gasteiger partial charge >= 0.3 is 0 Å². The van der Waals surface area contributed by atoms with Gasteiger partial charge in [-0.3, -0.25) is 4.79 Å². The van der Waals surface area contributed by atoms with Gasteiger partial charge in [0.2, 0.25) is 0 Å². The molecule has 96 valence electrons. The van der Waals surface area contributed by atoms with Gasteiger partial charge < -0.3 is 15.7 Å². The van der Waals surface area contributed by atoms with Crippen molar-refractivity contribution >= 4 is 17.3 Å². The lowest BCUT2D eigenvalue weighted by Gasteiger charge is -2.09. The first-order valence-corrected chi connectivity index (χ1v) is 5.89. The molecule has 0 bridgehead atoms. The van der Waals surface area contributed by atoms with Gasteiger partial charge in [-0.25, -0.2) is 4.68 Å². The SMILES string of the molecule is CCNCCNc1cnn(CCO)c(=O)c1Cl. The van der Waals surface area contributed by atoms with Crippen LogP contribution in [0.5, 0.6) is 0 Å². The van der Waals surface area contributed by atoms with Gasteiger partial charge in [-0.2, -0.15) is 5.10 Å². The number of nitrogens with zero attached hydrogens (tertiary/aromatic N) is 2. The van der Waals surface area contributed by atoms with Crippen molar-refractivity contribution in [2.45, 2.75) is 13.5 Å². The topological polar surface area (TPSA) is 79.2 Å². The molecule has 0 saturated carbocycles. The second-order valence-corrected chi connectivity index (χ2v) is 3.78. The zero-order chi connectivity index (χ0) is 12.7. The quantitative estimate of drug-likeness (QED) is 0.597. The average Bonchev–Trinajstić information content (AvgIpc) is 2.33. The summed E-state index contributed by atoms with van der Waals surface area (Å²) >= 11 is 5.91. The van der Waals surface area contributed by atoms with E-state index in [1.807, 2.05) is 6.92 Å². The van der Waals surface area contributed by atoms with Gasteiger partial charge in [0.25, 0.3) is 5.56 Å². The number of rotatable bonds is 7. The van der Waals surface area contributed by atoms with E-state index in [1.54, 1.807) is 0 Å². The van der Waals surface area contributed by atoms with E-state index >= 15 is 0 Å². The number of anilines is 1. The van der Waals surface area contributed by atoms with Crippen LogP contribution in [0.3, 0.4) is 0 Å². The maximum Gasteiger partial charge on any atom is 0.287 e. The molecule has 0 aliphatic heterocycles.